The average Bonchev–Trinajstić information content (AvgIpc) is 2.85. The van der Waals surface area contributed by atoms with Crippen LogP contribution in [0.4, 0.5) is 0 Å². The molecule has 0 rings (SSSR count). The smallest absolute Gasteiger partial charge is 0.0314 e. The van der Waals surface area contributed by atoms with Crippen LogP contribution in [-0.2, 0) is 0 Å². The van der Waals surface area contributed by atoms with Crippen molar-refractivity contribution in [3.8, 4) is 0 Å². The second-order valence-electron chi connectivity index (χ2n) is 10.3. The van der Waals surface area contributed by atoms with E-state index in [0.29, 0.717) is 18.1 Å². The summed E-state index contributed by atoms with van der Waals surface area (Å²) in [5.74, 6) is 5.57. The van der Waals surface area contributed by atoms with Crippen molar-refractivity contribution in [1.82, 2.24) is 14.7 Å². The third kappa shape index (κ3) is 14.3. The molecule has 3 nitrogen and oxygen atoms in total. The van der Waals surface area contributed by atoms with E-state index >= 15 is 0 Å². The molecule has 0 spiro atoms. The number of nitrogens with zero attached hydrogens (tertiary/aromatic N) is 3. The first-order valence-electron chi connectivity index (χ1n) is 13.6. The Hall–Kier alpha value is 1.98. The molecule has 3 unspecified atom stereocenters. The highest BCUT2D eigenvalue weighted by molar-refractivity contribution is 7.81. The molecule has 0 aromatic rings. The lowest BCUT2D eigenvalue weighted by atomic mass is 9.73. The minimum absolute atomic E-state index is 0.0833. The second-order valence-corrected chi connectivity index (χ2v) is 12.9. The molecular formula is C26H57N3S6. The molecule has 0 aliphatic carbocycles. The van der Waals surface area contributed by atoms with Crippen LogP contribution in [0.2, 0.25) is 0 Å². The van der Waals surface area contributed by atoms with Gasteiger partial charge in [0.25, 0.3) is 0 Å². The first-order chi connectivity index (χ1) is 16.8. The van der Waals surface area contributed by atoms with Crippen molar-refractivity contribution in [2.24, 2.45) is 5.41 Å². The van der Waals surface area contributed by atoms with Crippen molar-refractivity contribution in [2.75, 3.05) is 73.8 Å². The largest absolute Gasteiger partial charge is 0.300 e. The number of rotatable bonds is 24. The Bertz CT molecular complexity index is 462. The molecule has 0 aliphatic rings. The van der Waals surface area contributed by atoms with E-state index in [9.17, 15) is 0 Å². The van der Waals surface area contributed by atoms with E-state index in [4.69, 9.17) is 0 Å². The van der Waals surface area contributed by atoms with Gasteiger partial charge in [-0.25, -0.2) is 0 Å². The summed E-state index contributed by atoms with van der Waals surface area (Å²) in [6.45, 7) is 16.5. The minimum atomic E-state index is 0.0833. The Labute approximate surface area is 252 Å². The highest BCUT2D eigenvalue weighted by atomic mass is 32.1. The maximum atomic E-state index is 4.57. The topological polar surface area (TPSA) is 9.72 Å². The molecule has 35 heavy (non-hydrogen) atoms. The maximum absolute atomic E-state index is 4.57. The number of thiol groups is 6. The van der Waals surface area contributed by atoms with Crippen LogP contribution in [0.15, 0.2) is 0 Å². The molecule has 0 aliphatic heterocycles. The van der Waals surface area contributed by atoms with Gasteiger partial charge in [-0.2, -0.15) is 75.8 Å². The van der Waals surface area contributed by atoms with Gasteiger partial charge in [0.1, 0.15) is 0 Å². The van der Waals surface area contributed by atoms with Gasteiger partial charge in [-0.3, -0.25) is 9.80 Å². The summed E-state index contributed by atoms with van der Waals surface area (Å²) in [5.41, 5.74) is 0.0833. The summed E-state index contributed by atoms with van der Waals surface area (Å²) in [6, 6.07) is 1.30. The van der Waals surface area contributed by atoms with Crippen LogP contribution in [0.5, 0.6) is 0 Å². The predicted octanol–water partition coefficient (Wildman–Crippen LogP) is 5.98. The molecule has 212 valence electrons. The minimum Gasteiger partial charge on any atom is -0.300 e. The molecule has 3 atom stereocenters. The lowest BCUT2D eigenvalue weighted by molar-refractivity contribution is -0.0314. The summed E-state index contributed by atoms with van der Waals surface area (Å²) in [5, 5.41) is 0. The first kappa shape index (κ1) is 37.0. The Morgan fingerprint density at radius 2 is 0.771 bits per heavy atom. The molecule has 0 aromatic heterocycles. The Morgan fingerprint density at radius 3 is 1.09 bits per heavy atom. The molecule has 9 heteroatoms. The highest BCUT2D eigenvalue weighted by Gasteiger charge is 2.44. The van der Waals surface area contributed by atoms with E-state index in [1.54, 1.807) is 0 Å². The second kappa shape index (κ2) is 22.8. The van der Waals surface area contributed by atoms with E-state index in [0.717, 1.165) is 112 Å². The zero-order valence-corrected chi connectivity index (χ0v) is 28.4. The molecule has 0 aromatic carbocycles. The number of hydrogen-bond acceptors (Lipinski definition) is 9. The first-order valence-corrected chi connectivity index (χ1v) is 17.4. The standard InChI is InChI=1S/C26H57N3S6/c1-23(27(11-5-17-30)12-6-18-31)25(29(15-9-21-34)16-10-22-35)26(3,4)24(2)28(13-7-19-32)14-8-20-33/h23-25,30-35H,5-22H2,1-4H3. The van der Waals surface area contributed by atoms with Gasteiger partial charge in [0.05, 0.1) is 0 Å². The fourth-order valence-corrected chi connectivity index (χ4v) is 6.21. The van der Waals surface area contributed by atoms with E-state index < -0.39 is 0 Å². The van der Waals surface area contributed by atoms with Gasteiger partial charge in [0.2, 0.25) is 0 Å². The van der Waals surface area contributed by atoms with Crippen molar-refractivity contribution < 1.29 is 0 Å². The van der Waals surface area contributed by atoms with E-state index in [1.807, 2.05) is 0 Å². The SMILES string of the molecule is CC(C(N(CCCS)CCCS)C(C)(C)C(C)N(CCCS)CCCS)N(CCCS)CCCS. The van der Waals surface area contributed by atoms with Crippen LogP contribution in [0.25, 0.3) is 0 Å². The van der Waals surface area contributed by atoms with Gasteiger partial charge < -0.3 is 4.90 Å². The Kier molecular flexibility index (Phi) is 24.0. The van der Waals surface area contributed by atoms with E-state index in [2.05, 4.69) is 118 Å². The third-order valence-corrected chi connectivity index (χ3v) is 9.33. The molecule has 0 amide bonds. The molecule has 0 bridgehead atoms. The molecule has 0 saturated heterocycles. The van der Waals surface area contributed by atoms with Gasteiger partial charge in [-0.15, -0.1) is 0 Å². The van der Waals surface area contributed by atoms with Crippen LogP contribution in [0, 0.1) is 5.41 Å². The van der Waals surface area contributed by atoms with Gasteiger partial charge in [0, 0.05) is 18.1 Å². The van der Waals surface area contributed by atoms with Crippen molar-refractivity contribution in [2.45, 2.75) is 84.3 Å². The average molecular weight is 604 g/mol. The quantitative estimate of drug-likeness (QED) is 0.0759. The summed E-state index contributed by atoms with van der Waals surface area (Å²) >= 11 is 27.2. The molecule has 0 fully saturated rings. The van der Waals surface area contributed by atoms with Crippen LogP contribution >= 0.6 is 75.8 Å². The van der Waals surface area contributed by atoms with Crippen molar-refractivity contribution in [1.29, 1.82) is 0 Å². The fourth-order valence-electron chi connectivity index (χ4n) is 5.37. The monoisotopic (exact) mass is 603 g/mol. The van der Waals surface area contributed by atoms with Gasteiger partial charge >= 0.3 is 0 Å². The normalized spacial score (nSPS) is 15.3. The number of hydrogen-bond donors (Lipinski definition) is 6. The van der Waals surface area contributed by atoms with Crippen LogP contribution < -0.4 is 0 Å². The molecule has 0 saturated carbocycles. The Balaban J connectivity index is 6.30. The zero-order chi connectivity index (χ0) is 26.7. The zero-order valence-electron chi connectivity index (χ0n) is 23.0. The highest BCUT2D eigenvalue weighted by Crippen LogP contribution is 2.37. The third-order valence-electron chi connectivity index (χ3n) is 7.43. The Morgan fingerprint density at radius 1 is 0.486 bits per heavy atom. The van der Waals surface area contributed by atoms with Gasteiger partial charge in [0.15, 0.2) is 0 Å². The molecule has 0 radical (unpaired) electrons. The molecular weight excluding hydrogens is 547 g/mol. The summed E-state index contributed by atoms with van der Waals surface area (Å²) in [6.07, 6.45) is 6.70. The maximum Gasteiger partial charge on any atom is 0.0314 e. The van der Waals surface area contributed by atoms with E-state index in [-0.39, 0.29) is 5.41 Å². The van der Waals surface area contributed by atoms with Gasteiger partial charge in [-0.05, 0) is 132 Å². The molecule has 0 heterocycles. The van der Waals surface area contributed by atoms with Crippen molar-refractivity contribution in [3.05, 3.63) is 0 Å². The lowest BCUT2D eigenvalue weighted by Crippen LogP contribution is -2.63. The van der Waals surface area contributed by atoms with Gasteiger partial charge in [-0.1, -0.05) is 13.8 Å². The predicted molar refractivity (Wildman–Crippen MR) is 182 cm³/mol. The fraction of sp³-hybridized carbons (Fsp3) is 1.00. The summed E-state index contributed by atoms with van der Waals surface area (Å²) in [7, 11) is 0. The molecule has 0 N–H and O–H groups in total. The lowest BCUT2D eigenvalue weighted by Gasteiger charge is -2.53. The van der Waals surface area contributed by atoms with Crippen molar-refractivity contribution >= 4 is 75.8 Å². The van der Waals surface area contributed by atoms with Crippen LogP contribution in [-0.4, -0.2) is 107 Å². The van der Waals surface area contributed by atoms with Crippen molar-refractivity contribution in [3.63, 3.8) is 0 Å². The van der Waals surface area contributed by atoms with Crippen LogP contribution in [0.1, 0.15) is 66.2 Å². The van der Waals surface area contributed by atoms with E-state index in [1.165, 1.54) is 0 Å². The van der Waals surface area contributed by atoms with Crippen LogP contribution in [0.3, 0.4) is 0 Å². The summed E-state index contributed by atoms with van der Waals surface area (Å²) in [4.78, 5) is 8.19. The summed E-state index contributed by atoms with van der Waals surface area (Å²) < 4.78 is 0.